The number of aryl methyl sites for hydroxylation is 1. The van der Waals surface area contributed by atoms with Crippen LogP contribution in [-0.2, 0) is 23.9 Å². The Bertz CT molecular complexity index is 989. The van der Waals surface area contributed by atoms with Crippen LogP contribution < -0.4 is 10.6 Å². The normalized spacial score (nSPS) is 13.2. The fourth-order valence-electron chi connectivity index (χ4n) is 3.83. The molecule has 1 rings (SSSR count). The molecule has 214 valence electrons. The van der Waals surface area contributed by atoms with E-state index in [2.05, 4.69) is 23.3 Å². The molecule has 0 aliphatic heterocycles. The van der Waals surface area contributed by atoms with E-state index in [-0.39, 0.29) is 25.3 Å². The van der Waals surface area contributed by atoms with E-state index < -0.39 is 47.1 Å². The average Bonchev–Trinajstić information content (AvgIpc) is 2.81. The van der Waals surface area contributed by atoms with Crippen LogP contribution in [0.25, 0.3) is 0 Å². The maximum absolute atomic E-state index is 14.1. The number of hydrogen-bond acceptors (Lipinski definition) is 7. The number of thiol groups is 1. The van der Waals surface area contributed by atoms with Crippen LogP contribution in [0.2, 0.25) is 0 Å². The maximum atomic E-state index is 14.1. The van der Waals surface area contributed by atoms with Crippen LogP contribution in [0.5, 0.6) is 0 Å². The van der Waals surface area contributed by atoms with Gasteiger partial charge in [0.05, 0.1) is 13.0 Å². The Morgan fingerprint density at radius 2 is 1.68 bits per heavy atom. The molecule has 1 aromatic rings. The highest BCUT2D eigenvalue weighted by Crippen LogP contribution is 2.34. The predicted octanol–water partition coefficient (Wildman–Crippen LogP) is 4.25. The van der Waals surface area contributed by atoms with Crippen molar-refractivity contribution in [3.05, 3.63) is 34.9 Å². The minimum absolute atomic E-state index is 0.00162. The predicted molar refractivity (Wildman–Crippen MR) is 151 cm³/mol. The number of alkyl carbamates (subject to hydrolysis) is 1. The van der Waals surface area contributed by atoms with E-state index in [1.165, 1.54) is 4.90 Å². The van der Waals surface area contributed by atoms with E-state index in [9.17, 15) is 19.2 Å². The summed E-state index contributed by atoms with van der Waals surface area (Å²) in [5.74, 6) is -1.33. The van der Waals surface area contributed by atoms with E-state index >= 15 is 0 Å². The van der Waals surface area contributed by atoms with Crippen LogP contribution in [0.4, 0.5) is 4.79 Å². The summed E-state index contributed by atoms with van der Waals surface area (Å²) in [6.07, 6.45) is -0.215. The number of carbonyl (C=O) groups excluding carboxylic acids is 4. The Morgan fingerprint density at radius 3 is 2.21 bits per heavy atom. The van der Waals surface area contributed by atoms with Gasteiger partial charge >= 0.3 is 12.1 Å². The lowest BCUT2D eigenvalue weighted by molar-refractivity contribution is -0.149. The lowest BCUT2D eigenvalue weighted by Crippen LogP contribution is -2.60. The molecular formula is C28H45N3O6S. The third-order valence-electron chi connectivity index (χ3n) is 6.31. The van der Waals surface area contributed by atoms with Crippen molar-refractivity contribution in [3.63, 3.8) is 0 Å². The van der Waals surface area contributed by atoms with Gasteiger partial charge in [-0.2, -0.15) is 12.6 Å². The number of hydrogen-bond donors (Lipinski definition) is 3. The Balaban J connectivity index is 3.54. The molecule has 2 N–H and O–H groups in total. The van der Waals surface area contributed by atoms with E-state index in [0.717, 1.165) is 11.1 Å². The molecule has 1 aromatic carbocycles. The largest absolute Gasteiger partial charge is 0.466 e. The van der Waals surface area contributed by atoms with Gasteiger partial charge in [0.1, 0.15) is 17.7 Å². The van der Waals surface area contributed by atoms with Crippen LogP contribution in [0.3, 0.4) is 0 Å². The molecule has 2 unspecified atom stereocenters. The van der Waals surface area contributed by atoms with Crippen LogP contribution in [-0.4, -0.2) is 64.9 Å². The van der Waals surface area contributed by atoms with Crippen LogP contribution in [0.1, 0.15) is 84.0 Å². The number of nitrogens with one attached hydrogen (secondary N) is 2. The highest BCUT2D eigenvalue weighted by atomic mass is 32.1. The number of amides is 3. The summed E-state index contributed by atoms with van der Waals surface area (Å²) in [6.45, 7) is 16.7. The van der Waals surface area contributed by atoms with Gasteiger partial charge in [-0.25, -0.2) is 4.79 Å². The molecule has 0 radical (unpaired) electrons. The fourth-order valence-corrected chi connectivity index (χ4v) is 4.08. The first kappa shape index (κ1) is 33.3. The summed E-state index contributed by atoms with van der Waals surface area (Å²) in [5.41, 5.74) is 0.948. The van der Waals surface area contributed by atoms with Gasteiger partial charge in [0.25, 0.3) is 0 Å². The van der Waals surface area contributed by atoms with Crippen molar-refractivity contribution in [1.29, 1.82) is 0 Å². The second-order valence-electron chi connectivity index (χ2n) is 10.8. The Labute approximate surface area is 232 Å². The molecule has 0 spiro atoms. The summed E-state index contributed by atoms with van der Waals surface area (Å²) >= 11 is 4.33. The summed E-state index contributed by atoms with van der Waals surface area (Å²) in [4.78, 5) is 53.8. The molecule has 3 amide bonds. The lowest BCUT2D eigenvalue weighted by Gasteiger charge is -2.45. The van der Waals surface area contributed by atoms with Crippen molar-refractivity contribution in [1.82, 2.24) is 15.5 Å². The van der Waals surface area contributed by atoms with Crippen molar-refractivity contribution < 1.29 is 28.7 Å². The number of esters is 1. The smallest absolute Gasteiger partial charge is 0.408 e. The minimum atomic E-state index is -1.04. The Kier molecular flexibility index (Phi) is 12.6. The molecule has 0 aliphatic carbocycles. The zero-order chi connectivity index (χ0) is 29.3. The molecule has 10 heteroatoms. The van der Waals surface area contributed by atoms with Crippen LogP contribution in [0, 0.1) is 13.8 Å². The second-order valence-corrected chi connectivity index (χ2v) is 11.2. The zero-order valence-corrected chi connectivity index (χ0v) is 25.2. The molecule has 0 saturated heterocycles. The van der Waals surface area contributed by atoms with Gasteiger partial charge in [0, 0.05) is 17.8 Å². The molecule has 0 aromatic heterocycles. The van der Waals surface area contributed by atoms with Crippen LogP contribution in [0.15, 0.2) is 18.2 Å². The number of nitrogens with zero attached hydrogens (tertiary/aromatic N) is 1. The molecule has 0 saturated carbocycles. The first-order valence-corrected chi connectivity index (χ1v) is 13.7. The quantitative estimate of drug-likeness (QED) is 0.264. The second kappa shape index (κ2) is 14.4. The van der Waals surface area contributed by atoms with Crippen molar-refractivity contribution in [2.24, 2.45) is 0 Å². The number of ether oxygens (including phenoxy) is 2. The maximum Gasteiger partial charge on any atom is 0.408 e. The van der Waals surface area contributed by atoms with E-state index in [1.807, 2.05) is 52.8 Å². The molecule has 2 atom stereocenters. The summed E-state index contributed by atoms with van der Waals surface area (Å²) in [7, 11) is 0. The Hall–Kier alpha value is -2.75. The van der Waals surface area contributed by atoms with Gasteiger partial charge in [-0.05, 0) is 78.5 Å². The third-order valence-corrected chi connectivity index (χ3v) is 6.67. The van der Waals surface area contributed by atoms with Gasteiger partial charge in [-0.15, -0.1) is 0 Å². The van der Waals surface area contributed by atoms with Gasteiger partial charge in [0.15, 0.2) is 0 Å². The van der Waals surface area contributed by atoms with E-state index in [4.69, 9.17) is 9.47 Å². The first-order chi connectivity index (χ1) is 17.6. The van der Waals surface area contributed by atoms with E-state index in [1.54, 1.807) is 27.7 Å². The topological polar surface area (TPSA) is 114 Å². The Morgan fingerprint density at radius 1 is 1.05 bits per heavy atom. The summed E-state index contributed by atoms with van der Waals surface area (Å²) < 4.78 is 10.3. The monoisotopic (exact) mass is 551 g/mol. The molecule has 0 bridgehead atoms. The van der Waals surface area contributed by atoms with Crippen molar-refractivity contribution >= 4 is 36.5 Å². The van der Waals surface area contributed by atoms with Gasteiger partial charge in [-0.3, -0.25) is 14.4 Å². The van der Waals surface area contributed by atoms with Crippen molar-refractivity contribution in [2.45, 2.75) is 98.4 Å². The van der Waals surface area contributed by atoms with Gasteiger partial charge < -0.3 is 25.0 Å². The molecule has 0 aliphatic rings. The third kappa shape index (κ3) is 9.53. The number of benzene rings is 1. The average molecular weight is 552 g/mol. The summed E-state index contributed by atoms with van der Waals surface area (Å²) in [6, 6.07) is 3.53. The highest BCUT2D eigenvalue weighted by molar-refractivity contribution is 7.80. The van der Waals surface area contributed by atoms with Crippen molar-refractivity contribution in [2.75, 3.05) is 18.9 Å². The van der Waals surface area contributed by atoms with Gasteiger partial charge in [-0.1, -0.05) is 25.1 Å². The fraction of sp³-hybridized carbons (Fsp3) is 0.643. The zero-order valence-electron chi connectivity index (χ0n) is 24.3. The highest BCUT2D eigenvalue weighted by Gasteiger charge is 2.43. The lowest BCUT2D eigenvalue weighted by atomic mass is 9.89. The standard InChI is InChI=1S/C28H45N3O6S/c1-10-28(8,9)31(25(34)21(17-38)30-26(35)37-27(5,6)7)23(20-14-12-13-18(3)19(20)4)24(33)29-16-15-22(32)36-11-2/h12-14,21,23,38H,10-11,15-17H2,1-9H3,(H,29,33)(H,30,35). The molecular weight excluding hydrogens is 506 g/mol. The number of rotatable bonds is 12. The SMILES string of the molecule is CCOC(=O)CCNC(=O)C(c1cccc(C)c1C)N(C(=O)C(CS)NC(=O)OC(C)(C)C)C(C)(C)CC. The number of carbonyl (C=O) groups is 4. The van der Waals surface area contributed by atoms with Crippen LogP contribution >= 0.6 is 12.6 Å². The molecule has 0 fully saturated rings. The summed E-state index contributed by atoms with van der Waals surface area (Å²) in [5, 5.41) is 5.43. The van der Waals surface area contributed by atoms with E-state index in [0.29, 0.717) is 12.0 Å². The van der Waals surface area contributed by atoms with Gasteiger partial charge in [0.2, 0.25) is 11.8 Å². The first-order valence-electron chi connectivity index (χ1n) is 13.0. The molecule has 38 heavy (non-hydrogen) atoms. The minimum Gasteiger partial charge on any atom is -0.466 e. The molecule has 0 heterocycles. The molecule has 9 nitrogen and oxygen atoms in total. The van der Waals surface area contributed by atoms with Crippen molar-refractivity contribution in [3.8, 4) is 0 Å².